The Hall–Kier alpha value is -5.72. The highest BCUT2D eigenvalue weighted by Crippen LogP contribution is 2.23. The van der Waals surface area contributed by atoms with Gasteiger partial charge < -0.3 is 26.5 Å². The molecule has 4 amide bonds. The summed E-state index contributed by atoms with van der Waals surface area (Å²) in [6.45, 7) is 29.1. The highest BCUT2D eigenvalue weighted by atomic mass is 19.1. The molecule has 2 aromatic carbocycles. The zero-order valence-electron chi connectivity index (χ0n) is 44.9. The van der Waals surface area contributed by atoms with E-state index in [1.807, 2.05) is 40.0 Å². The lowest BCUT2D eigenvalue weighted by molar-refractivity contribution is -0.0920. The molecule has 0 radical (unpaired) electrons. The minimum atomic E-state index is -1.00. The zero-order valence-corrected chi connectivity index (χ0v) is 43.9. The smallest absolute Gasteiger partial charge is 0.285 e. The highest BCUT2D eigenvalue weighted by molar-refractivity contribution is 6.21. The van der Waals surface area contributed by atoms with Gasteiger partial charge in [-0.1, -0.05) is 105 Å². The third-order valence-corrected chi connectivity index (χ3v) is 8.18. The summed E-state index contributed by atoms with van der Waals surface area (Å²) in [4.78, 5) is 65.0. The van der Waals surface area contributed by atoms with Gasteiger partial charge in [-0.3, -0.25) is 54.2 Å². The van der Waals surface area contributed by atoms with Crippen LogP contribution in [0.1, 0.15) is 163 Å². The number of nitrogens with one attached hydrogen (secondary N) is 2. The van der Waals surface area contributed by atoms with E-state index in [-0.39, 0.29) is 42.0 Å². The van der Waals surface area contributed by atoms with E-state index in [0.29, 0.717) is 50.6 Å². The molecule has 0 atom stereocenters. The third kappa shape index (κ3) is 39.5. The number of amides is 4. The summed E-state index contributed by atoms with van der Waals surface area (Å²) < 4.78 is 17.2. The number of fused-ring (bicyclic) bond motifs is 2. The lowest BCUT2D eigenvalue weighted by atomic mass is 10.1. The number of alkyl halides is 1. The molecular weight excluding hydrogens is 946 g/mol. The molecule has 2 aliphatic heterocycles. The number of unbranched alkanes of at least 4 members (excludes halogenated alkanes) is 4. The number of benzene rings is 2. The average Bonchev–Trinajstić information content (AvgIpc) is 4.07. The van der Waals surface area contributed by atoms with Crippen LogP contribution in [0.2, 0.25) is 0 Å². The number of carbonyl (C=O) groups is 4. The summed E-state index contributed by atoms with van der Waals surface area (Å²) in [6, 6.07) is 14.9. The van der Waals surface area contributed by atoms with Crippen molar-refractivity contribution < 1.29 is 59.7 Å². The van der Waals surface area contributed by atoms with Crippen LogP contribution in [0.5, 0.6) is 0 Å². The standard InChI is InChI=1S/C12H13NO3.C8H5NO3.C7H15NO.C6H14N2O.C6H8N2.C4H11NO.C4H10O.C3H9NO.CH3F.CH4/c1-2-3-8-16-13-11(14)9-6-4-5-7-10(9)12(13)15;10-7-5-3-1-2-4-6(5)8(11)9(7)12;1-4-5-6-9-8-7(2)3;1-6(2)8-9-5-3-4-7;1-6(2)8-5-3-4-7-8;1-2-3-4-6-5;1-2-3-4-5;4-2-1-3-5;1-2;/h4-7H,2-3,8H2,1H3;1-4,12H;8H,2,4-6H2,1,3H3;8H,1,3-5,7H2,2H3;3-5H,1H2,2H3;2-5H2,1H3;5H,2-4H2,1H3;5H,1-4H2;1H3;1H4/i;;;;;;;;1D;. The number of nitrogens with two attached hydrogens (primary N) is 3. The lowest BCUT2D eigenvalue weighted by Crippen LogP contribution is -2.30. The number of carbonyl (C=O) groups excluding carboxylic acids is 4. The number of hydrogen-bond donors (Lipinski definition) is 8. The van der Waals surface area contributed by atoms with Gasteiger partial charge in [-0.2, -0.15) is 5.10 Å². The van der Waals surface area contributed by atoms with E-state index in [9.17, 15) is 23.6 Å². The molecular formula is C52H92FN9O11. The van der Waals surface area contributed by atoms with Crippen LogP contribution in [-0.2, 0) is 19.4 Å². The van der Waals surface area contributed by atoms with Crippen molar-refractivity contribution in [2.45, 2.75) is 120 Å². The second-order valence-corrected chi connectivity index (χ2v) is 14.9. The molecule has 3 heterocycles. The van der Waals surface area contributed by atoms with E-state index in [1.54, 1.807) is 47.3 Å². The minimum Gasteiger partial charge on any atom is -0.396 e. The van der Waals surface area contributed by atoms with Gasteiger partial charge in [0.05, 0.1) is 57.2 Å². The van der Waals surface area contributed by atoms with Crippen molar-refractivity contribution in [3.63, 3.8) is 0 Å². The summed E-state index contributed by atoms with van der Waals surface area (Å²) in [5.74, 6) is 2.67. The Morgan fingerprint density at radius 3 is 1.32 bits per heavy atom. The third-order valence-electron chi connectivity index (χ3n) is 8.18. The number of rotatable bonds is 22. The Kier molecular flexibility index (Phi) is 54.7. The lowest BCUT2D eigenvalue weighted by Gasteiger charge is -2.12. The van der Waals surface area contributed by atoms with Crippen molar-refractivity contribution >= 4 is 29.3 Å². The van der Waals surface area contributed by atoms with Gasteiger partial charge in [-0.05, 0) is 103 Å². The van der Waals surface area contributed by atoms with E-state index in [0.717, 1.165) is 93.0 Å². The number of imide groups is 2. The zero-order chi connectivity index (χ0) is 56.2. The fourth-order valence-corrected chi connectivity index (χ4v) is 4.45. The van der Waals surface area contributed by atoms with E-state index in [4.69, 9.17) is 48.7 Å². The number of halogens is 1. The van der Waals surface area contributed by atoms with Gasteiger partial charge in [-0.15, -0.1) is 10.1 Å². The Morgan fingerprint density at radius 2 is 1.04 bits per heavy atom. The molecule has 2 aliphatic rings. The summed E-state index contributed by atoms with van der Waals surface area (Å²) in [5.41, 5.74) is 19.5. The van der Waals surface area contributed by atoms with Gasteiger partial charge in [0.2, 0.25) is 0 Å². The van der Waals surface area contributed by atoms with Crippen LogP contribution in [0.3, 0.4) is 0 Å². The maximum atomic E-state index is 11.8. The quantitative estimate of drug-likeness (QED) is 0.0203. The van der Waals surface area contributed by atoms with Crippen LogP contribution in [0.4, 0.5) is 4.39 Å². The largest absolute Gasteiger partial charge is 0.396 e. The van der Waals surface area contributed by atoms with Crippen LogP contribution in [0.25, 0.3) is 5.70 Å². The van der Waals surface area contributed by atoms with Gasteiger partial charge in [0.15, 0.2) is 0 Å². The van der Waals surface area contributed by atoms with Gasteiger partial charge in [0, 0.05) is 42.7 Å². The number of hydrogen-bond acceptors (Lipinski definition) is 17. The Morgan fingerprint density at radius 1 is 0.658 bits per heavy atom. The molecule has 11 N–H and O–H groups in total. The first-order valence-electron chi connectivity index (χ1n) is 24.5. The first-order valence-corrected chi connectivity index (χ1v) is 23.8. The molecule has 1 aromatic heterocycles. The summed E-state index contributed by atoms with van der Waals surface area (Å²) in [5, 5.41) is 29.9. The topological polar surface area (TPSA) is 292 Å². The summed E-state index contributed by atoms with van der Waals surface area (Å²) in [6.07, 6.45) is 13.5. The van der Waals surface area contributed by atoms with Crippen LogP contribution in [0.15, 0.2) is 98.1 Å². The molecule has 418 valence electrons. The highest BCUT2D eigenvalue weighted by Gasteiger charge is 2.36. The number of hydroxylamine groups is 6. The Labute approximate surface area is 436 Å². The predicted molar refractivity (Wildman–Crippen MR) is 288 cm³/mol. The Balaban J connectivity index is -0.000000250. The molecule has 3 aromatic rings. The van der Waals surface area contributed by atoms with E-state index < -0.39 is 19.0 Å². The van der Waals surface area contributed by atoms with Crippen molar-refractivity contribution in [2.24, 2.45) is 17.4 Å². The average molecular weight is 1040 g/mol. The van der Waals surface area contributed by atoms with Gasteiger partial charge in [-0.25, -0.2) is 10.6 Å². The molecule has 73 heavy (non-hydrogen) atoms. The number of nitrogens with zero attached hydrogens (tertiary/aromatic N) is 4. The SMILES string of the molecule is C.C=C(C)NOCCCC.C=C(C)NOCCCN.C=C(C)n1cccn1.CCCCO.CCCCON.CCCCON1C(=O)c2ccccc2C1=O.NCCCO.O=C1c2ccccc2C(=O)N1O.[2H]CF. The fourth-order valence-electron chi connectivity index (χ4n) is 4.45. The molecule has 0 spiro atoms. The van der Waals surface area contributed by atoms with E-state index in [2.05, 4.69) is 61.4 Å². The molecule has 0 fully saturated rings. The molecule has 0 unspecified atom stereocenters. The number of aliphatic hydroxyl groups is 2. The van der Waals surface area contributed by atoms with E-state index in [1.165, 1.54) is 12.1 Å². The van der Waals surface area contributed by atoms with Gasteiger partial charge in [0.25, 0.3) is 23.6 Å². The normalized spacial score (nSPS) is 11.1. The Bertz CT molecular complexity index is 1770. The minimum absolute atomic E-state index is 0. The van der Waals surface area contributed by atoms with Crippen molar-refractivity contribution in [1.29, 1.82) is 0 Å². The fraction of sp³-hybridized carbons (Fsp3) is 0.519. The molecule has 0 saturated carbocycles. The molecule has 20 nitrogen and oxygen atoms in total. The molecule has 0 aliphatic carbocycles. The predicted octanol–water partition coefficient (Wildman–Crippen LogP) is 8.30. The number of allylic oxidation sites excluding steroid dienone is 3. The molecule has 0 bridgehead atoms. The summed E-state index contributed by atoms with van der Waals surface area (Å²) >= 11 is 0. The maximum Gasteiger partial charge on any atom is 0.285 e. The number of aliphatic hydroxyl groups excluding tert-OH is 2. The summed E-state index contributed by atoms with van der Waals surface area (Å²) in [7, 11) is -1.00. The van der Waals surface area contributed by atoms with Crippen LogP contribution >= 0.6 is 0 Å². The first kappa shape index (κ1) is 73.8. The van der Waals surface area contributed by atoms with Crippen LogP contribution < -0.4 is 28.3 Å². The first-order chi connectivity index (χ1) is 35.0. The second-order valence-electron chi connectivity index (χ2n) is 14.9. The maximum absolute atomic E-state index is 11.8. The van der Waals surface area contributed by atoms with Crippen molar-refractivity contribution in [1.82, 2.24) is 30.9 Å². The van der Waals surface area contributed by atoms with Crippen molar-refractivity contribution in [3.05, 3.63) is 120 Å². The van der Waals surface area contributed by atoms with Crippen molar-refractivity contribution in [3.8, 4) is 0 Å². The van der Waals surface area contributed by atoms with E-state index >= 15 is 0 Å². The monoisotopic (exact) mass is 1040 g/mol. The van der Waals surface area contributed by atoms with Gasteiger partial charge in [0.1, 0.15) is 0 Å². The van der Waals surface area contributed by atoms with Crippen molar-refractivity contribution in [2.75, 3.05) is 59.9 Å². The van der Waals surface area contributed by atoms with Crippen LogP contribution in [-0.4, -0.2) is 119 Å². The van der Waals surface area contributed by atoms with Crippen LogP contribution in [0, 0.1) is 0 Å². The molecule has 0 saturated heterocycles. The number of aromatic nitrogens is 2. The van der Waals surface area contributed by atoms with Gasteiger partial charge >= 0.3 is 0 Å². The second kappa shape index (κ2) is 54.1. The molecule has 5 rings (SSSR count). The molecule has 21 heteroatoms.